The van der Waals surface area contributed by atoms with Gasteiger partial charge in [0.1, 0.15) is 0 Å². The quantitative estimate of drug-likeness (QED) is 0.102. The maximum Gasteiger partial charge on any atom is 1.00 e. The van der Waals surface area contributed by atoms with Crippen molar-refractivity contribution in [2.75, 3.05) is 0 Å². The number of aromatic nitrogens is 2. The Morgan fingerprint density at radius 2 is 1.78 bits per heavy atom. The zero-order valence-electron chi connectivity index (χ0n) is 14.4. The molecule has 27 heavy (non-hydrogen) atoms. The Morgan fingerprint density at radius 3 is 2.41 bits per heavy atom. The number of benzene rings is 2. The van der Waals surface area contributed by atoms with E-state index >= 15 is 0 Å². The van der Waals surface area contributed by atoms with Gasteiger partial charge in [0.05, 0.1) is 17.7 Å². The summed E-state index contributed by atoms with van der Waals surface area (Å²) in [6.07, 6.45) is 0. The normalized spacial score (nSPS) is 10.4. The largest absolute Gasteiger partial charge is 1.00 e. The molecule has 128 valence electrons. The first-order valence-electron chi connectivity index (χ1n) is 6.84. The van der Waals surface area contributed by atoms with Crippen LogP contribution in [0.5, 0.6) is 5.88 Å². The third kappa shape index (κ3) is 6.97. The third-order valence-electron chi connectivity index (χ3n) is 3.07. The van der Waals surface area contributed by atoms with E-state index in [1.54, 1.807) is 48.5 Å². The summed E-state index contributed by atoms with van der Waals surface area (Å²) in [5, 5.41) is 33.5. The number of azo groups is 1. The summed E-state index contributed by atoms with van der Waals surface area (Å²) in [5.41, 5.74) is 0.185. The first-order chi connectivity index (χ1) is 12.2. The molecule has 0 saturated heterocycles. The summed E-state index contributed by atoms with van der Waals surface area (Å²) in [6, 6.07) is 15.9. The smallest absolute Gasteiger partial charge is 0.691 e. The van der Waals surface area contributed by atoms with E-state index in [9.17, 15) is 15.2 Å². The minimum Gasteiger partial charge on any atom is -0.691 e. The Balaban J connectivity index is 0.00000182. The molecule has 1 heterocycles. The van der Waals surface area contributed by atoms with Gasteiger partial charge in [-0.15, -0.1) is 17.2 Å². The minimum atomic E-state index is -0.592. The second kappa shape index (κ2) is 12.8. The van der Waals surface area contributed by atoms with Crippen LogP contribution >= 0.6 is 12.0 Å². The molecular weight excluding hydrogens is 426 g/mol. The van der Waals surface area contributed by atoms with Crippen molar-refractivity contribution in [2.24, 2.45) is 10.2 Å². The molecule has 0 spiro atoms. The van der Waals surface area contributed by atoms with Gasteiger partial charge in [-0.3, -0.25) is 14.9 Å². The molecule has 1 aromatic heterocycles. The van der Waals surface area contributed by atoms with Crippen molar-refractivity contribution in [3.63, 3.8) is 0 Å². The van der Waals surface area contributed by atoms with Crippen LogP contribution in [0, 0.1) is 6.07 Å². The Morgan fingerprint density at radius 1 is 1.11 bits per heavy atom. The first kappa shape index (κ1) is 25.4. The standard InChI is InChI=1S/C15H11N4O5S.2K/c20-14-13(17-16-10-4-2-1-3-5-10)15(21)19(18-14)11-6-8-12(9-7-11)25-24-23-22;;/h2-9,21-22H,(H,18,20);;/q-1;2*+1/p-1. The van der Waals surface area contributed by atoms with Crippen LogP contribution in [0.4, 0.5) is 11.4 Å². The molecule has 0 radical (unpaired) electrons. The zero-order chi connectivity index (χ0) is 17.6. The van der Waals surface area contributed by atoms with Crippen LogP contribution in [0.3, 0.4) is 0 Å². The monoisotopic (exact) mass is 436 g/mol. The van der Waals surface area contributed by atoms with Gasteiger partial charge in [-0.1, -0.05) is 0 Å². The SMILES string of the molecule is O=c1[nH]n(-c2ccc(SOO[O-])cc2)c(O)c1N=Nc1cc[c-]cc1.[K+].[K+]. The van der Waals surface area contributed by atoms with E-state index in [1.807, 2.05) is 0 Å². The molecule has 0 unspecified atom stereocenters. The molecule has 0 aliphatic heterocycles. The van der Waals surface area contributed by atoms with Crippen LogP contribution < -0.4 is 114 Å². The van der Waals surface area contributed by atoms with Crippen LogP contribution in [-0.4, -0.2) is 14.9 Å². The zero-order valence-corrected chi connectivity index (χ0v) is 21.5. The van der Waals surface area contributed by atoms with E-state index in [0.29, 0.717) is 16.3 Å². The fourth-order valence-corrected chi connectivity index (χ4v) is 2.30. The number of nitrogens with one attached hydrogen (secondary N) is 1. The Hall–Kier alpha value is 0.353. The fourth-order valence-electron chi connectivity index (χ4n) is 1.95. The molecule has 2 N–H and O–H groups in total. The second-order valence-corrected chi connectivity index (χ2v) is 5.39. The summed E-state index contributed by atoms with van der Waals surface area (Å²) < 4.78 is 5.37. The molecule has 0 aliphatic carbocycles. The van der Waals surface area contributed by atoms with Crippen LogP contribution in [-0.2, 0) is 9.37 Å². The van der Waals surface area contributed by atoms with Gasteiger partial charge in [0, 0.05) is 4.90 Å². The van der Waals surface area contributed by atoms with E-state index in [1.165, 1.54) is 0 Å². The number of nitrogens with zero attached hydrogens (tertiary/aromatic N) is 3. The molecule has 3 aromatic rings. The van der Waals surface area contributed by atoms with Gasteiger partial charge in [0.2, 0.25) is 11.6 Å². The molecule has 0 bridgehead atoms. The van der Waals surface area contributed by atoms with E-state index in [2.05, 4.69) is 30.8 Å². The molecule has 0 amide bonds. The molecule has 0 aliphatic rings. The number of rotatable bonds is 6. The Labute approximate surface area is 243 Å². The van der Waals surface area contributed by atoms with Crippen molar-refractivity contribution in [1.82, 2.24) is 9.78 Å². The second-order valence-electron chi connectivity index (χ2n) is 4.62. The molecule has 2 aromatic carbocycles. The Kier molecular flexibility index (Phi) is 12.1. The van der Waals surface area contributed by atoms with E-state index in [-0.39, 0.29) is 114 Å². The maximum absolute atomic E-state index is 12.0. The van der Waals surface area contributed by atoms with E-state index < -0.39 is 5.56 Å². The van der Waals surface area contributed by atoms with Crippen LogP contribution in [0.15, 0.2) is 68.4 Å². The minimum absolute atomic E-state index is 0. The summed E-state index contributed by atoms with van der Waals surface area (Å²) in [7, 11) is 0. The topological polar surface area (TPSA) is 124 Å². The van der Waals surface area contributed by atoms with Gasteiger partial charge >= 0.3 is 103 Å². The number of aromatic amines is 1. The predicted octanol–water partition coefficient (Wildman–Crippen LogP) is -3.67. The van der Waals surface area contributed by atoms with Crippen molar-refractivity contribution >= 4 is 23.4 Å². The van der Waals surface area contributed by atoms with Crippen molar-refractivity contribution in [1.29, 1.82) is 0 Å². The average Bonchev–Trinajstić information content (AvgIpc) is 2.93. The average molecular weight is 437 g/mol. The molecule has 0 atom stereocenters. The molecule has 0 fully saturated rings. The van der Waals surface area contributed by atoms with Gasteiger partial charge in [-0.25, -0.2) is 4.68 Å². The van der Waals surface area contributed by atoms with Crippen LogP contribution in [0.25, 0.3) is 5.69 Å². The maximum atomic E-state index is 12.0. The van der Waals surface area contributed by atoms with Gasteiger partial charge in [-0.05, 0) is 30.0 Å². The van der Waals surface area contributed by atoms with Crippen molar-refractivity contribution < 1.29 is 123 Å². The molecule has 0 saturated carbocycles. The van der Waals surface area contributed by atoms with Crippen molar-refractivity contribution in [2.45, 2.75) is 4.90 Å². The van der Waals surface area contributed by atoms with Crippen molar-refractivity contribution in [3.8, 4) is 11.6 Å². The van der Waals surface area contributed by atoms with Gasteiger partial charge in [0.25, 0.3) is 5.56 Å². The van der Waals surface area contributed by atoms with Gasteiger partial charge in [-0.2, -0.15) is 27.6 Å². The number of hydrogen-bond donors (Lipinski definition) is 2. The third-order valence-corrected chi connectivity index (χ3v) is 3.66. The summed E-state index contributed by atoms with van der Waals surface area (Å²) >= 11 is 0.728. The molecule has 12 heteroatoms. The number of aromatic hydroxyl groups is 1. The summed E-state index contributed by atoms with van der Waals surface area (Å²) in [5.74, 6) is -0.379. The fraction of sp³-hybridized carbons (Fsp3) is 0. The number of H-pyrrole nitrogens is 1. The van der Waals surface area contributed by atoms with E-state index in [4.69, 9.17) is 0 Å². The molecular formula is C15H10K2N4O5S. The van der Waals surface area contributed by atoms with Crippen LogP contribution in [0.1, 0.15) is 0 Å². The number of hydrogen-bond acceptors (Lipinski definition) is 8. The van der Waals surface area contributed by atoms with Crippen LogP contribution in [0.2, 0.25) is 0 Å². The predicted molar refractivity (Wildman–Crippen MR) is 85.5 cm³/mol. The molecule has 9 nitrogen and oxygen atoms in total. The first-order valence-corrected chi connectivity index (χ1v) is 7.58. The van der Waals surface area contributed by atoms with E-state index in [0.717, 1.165) is 16.7 Å². The summed E-state index contributed by atoms with van der Waals surface area (Å²) in [4.78, 5) is 12.6. The molecule has 3 rings (SSSR count). The summed E-state index contributed by atoms with van der Waals surface area (Å²) in [6.45, 7) is 0. The van der Waals surface area contributed by atoms with Gasteiger partial charge in [0.15, 0.2) is 0 Å². The van der Waals surface area contributed by atoms with Gasteiger partial charge < -0.3 is 10.4 Å². The van der Waals surface area contributed by atoms with Crippen molar-refractivity contribution in [3.05, 3.63) is 65.0 Å². The Bertz CT molecular complexity index is 932.